The number of aryl methyl sites for hydroxylation is 1. The van der Waals surface area contributed by atoms with E-state index in [4.69, 9.17) is 0 Å². The normalized spacial score (nSPS) is 22.4. The Hall–Kier alpha value is -2.76. The van der Waals surface area contributed by atoms with Gasteiger partial charge in [-0.15, -0.1) is 0 Å². The summed E-state index contributed by atoms with van der Waals surface area (Å²) < 4.78 is 0. The predicted molar refractivity (Wildman–Crippen MR) is 91.5 cm³/mol. The van der Waals surface area contributed by atoms with E-state index in [-0.39, 0.29) is 23.7 Å². The van der Waals surface area contributed by atoms with E-state index in [9.17, 15) is 9.59 Å². The third-order valence-electron chi connectivity index (χ3n) is 5.10. The average molecular weight is 336 g/mol. The van der Waals surface area contributed by atoms with Gasteiger partial charge in [0.05, 0.1) is 23.9 Å². The number of fused-ring (bicyclic) bond motifs is 1. The fourth-order valence-corrected chi connectivity index (χ4v) is 3.88. The zero-order chi connectivity index (χ0) is 17.4. The number of likely N-dealkylation sites (tertiary alicyclic amines) is 2. The van der Waals surface area contributed by atoms with E-state index in [0.29, 0.717) is 25.2 Å². The molecule has 0 bridgehead atoms. The van der Waals surface area contributed by atoms with Crippen molar-refractivity contribution in [2.45, 2.75) is 13.5 Å². The van der Waals surface area contributed by atoms with Crippen LogP contribution in [0.1, 0.15) is 21.5 Å². The standard InChI is InChI=1S/C19H20N4O2/c1-13-3-2-4-14(7-13)9-22-10-16-11-23(12-17(16)19(22)25)18(24)15-5-6-20-21-8-15/h2-8,16-17H,9-12H2,1H3/t16-,17+/m1/s1. The van der Waals surface area contributed by atoms with Gasteiger partial charge in [0.15, 0.2) is 0 Å². The lowest BCUT2D eigenvalue weighted by molar-refractivity contribution is -0.131. The summed E-state index contributed by atoms with van der Waals surface area (Å²) in [5.74, 6) is 0.233. The van der Waals surface area contributed by atoms with Crippen molar-refractivity contribution in [3.05, 3.63) is 59.4 Å². The molecule has 25 heavy (non-hydrogen) atoms. The number of rotatable bonds is 3. The molecule has 1 aromatic carbocycles. The summed E-state index contributed by atoms with van der Waals surface area (Å²) in [6.45, 7) is 4.55. The van der Waals surface area contributed by atoms with Gasteiger partial charge >= 0.3 is 0 Å². The first kappa shape index (κ1) is 15.7. The summed E-state index contributed by atoms with van der Waals surface area (Å²) in [5, 5.41) is 7.46. The molecule has 2 aliphatic rings. The highest BCUT2D eigenvalue weighted by molar-refractivity contribution is 5.95. The molecule has 2 fully saturated rings. The minimum absolute atomic E-state index is 0.0673. The Morgan fingerprint density at radius 1 is 1.20 bits per heavy atom. The number of hydrogen-bond donors (Lipinski definition) is 0. The number of amides is 2. The molecule has 6 nitrogen and oxygen atoms in total. The Balaban J connectivity index is 1.42. The molecule has 2 aromatic rings. The lowest BCUT2D eigenvalue weighted by Gasteiger charge is -2.22. The topological polar surface area (TPSA) is 66.4 Å². The van der Waals surface area contributed by atoms with E-state index in [1.54, 1.807) is 11.0 Å². The second-order valence-corrected chi connectivity index (χ2v) is 6.92. The summed E-state index contributed by atoms with van der Waals surface area (Å²) >= 11 is 0. The van der Waals surface area contributed by atoms with Crippen molar-refractivity contribution < 1.29 is 9.59 Å². The number of carbonyl (C=O) groups is 2. The largest absolute Gasteiger partial charge is 0.338 e. The highest BCUT2D eigenvalue weighted by Gasteiger charge is 2.47. The Morgan fingerprint density at radius 2 is 2.08 bits per heavy atom. The Labute approximate surface area is 146 Å². The quantitative estimate of drug-likeness (QED) is 0.852. The molecule has 0 radical (unpaired) electrons. The average Bonchev–Trinajstić information content (AvgIpc) is 3.15. The summed E-state index contributed by atoms with van der Waals surface area (Å²) in [4.78, 5) is 29.0. The van der Waals surface area contributed by atoms with Crippen LogP contribution in [0.2, 0.25) is 0 Å². The van der Waals surface area contributed by atoms with Crippen LogP contribution in [-0.2, 0) is 11.3 Å². The molecule has 2 amide bonds. The van der Waals surface area contributed by atoms with Crippen LogP contribution in [0.3, 0.4) is 0 Å². The van der Waals surface area contributed by atoms with Crippen LogP contribution in [0.25, 0.3) is 0 Å². The third kappa shape index (κ3) is 2.99. The van der Waals surface area contributed by atoms with Crippen LogP contribution in [0.4, 0.5) is 0 Å². The molecule has 0 saturated carbocycles. The molecule has 2 saturated heterocycles. The SMILES string of the molecule is Cc1cccc(CN2C[C@@H]3CN(C(=O)c4ccnnc4)C[C@@H]3C2=O)c1. The van der Waals surface area contributed by atoms with E-state index >= 15 is 0 Å². The van der Waals surface area contributed by atoms with Crippen LogP contribution in [0.5, 0.6) is 0 Å². The molecule has 3 heterocycles. The van der Waals surface area contributed by atoms with E-state index in [2.05, 4.69) is 35.3 Å². The summed E-state index contributed by atoms with van der Waals surface area (Å²) in [7, 11) is 0. The van der Waals surface area contributed by atoms with E-state index in [0.717, 1.165) is 12.1 Å². The van der Waals surface area contributed by atoms with Crippen molar-refractivity contribution in [3.63, 3.8) is 0 Å². The predicted octanol–water partition coefficient (Wildman–Crippen LogP) is 1.52. The van der Waals surface area contributed by atoms with Crippen LogP contribution in [0.15, 0.2) is 42.7 Å². The van der Waals surface area contributed by atoms with E-state index < -0.39 is 0 Å². The highest BCUT2D eigenvalue weighted by atomic mass is 16.2. The fourth-order valence-electron chi connectivity index (χ4n) is 3.88. The van der Waals surface area contributed by atoms with Crippen LogP contribution in [-0.4, -0.2) is 51.4 Å². The zero-order valence-electron chi connectivity index (χ0n) is 14.1. The second kappa shape index (κ2) is 6.27. The summed E-state index contributed by atoms with van der Waals surface area (Å²) in [6, 6.07) is 9.92. The first-order chi connectivity index (χ1) is 12.1. The Morgan fingerprint density at radius 3 is 2.80 bits per heavy atom. The van der Waals surface area contributed by atoms with E-state index in [1.807, 2.05) is 11.0 Å². The van der Waals surface area contributed by atoms with Crippen molar-refractivity contribution in [2.75, 3.05) is 19.6 Å². The molecule has 4 rings (SSSR count). The van der Waals surface area contributed by atoms with Gasteiger partial charge in [0, 0.05) is 32.1 Å². The van der Waals surface area contributed by atoms with Gasteiger partial charge in [-0.25, -0.2) is 0 Å². The first-order valence-corrected chi connectivity index (χ1v) is 8.52. The summed E-state index contributed by atoms with van der Waals surface area (Å²) in [5.41, 5.74) is 2.88. The number of nitrogens with zero attached hydrogens (tertiary/aromatic N) is 4. The molecule has 0 aliphatic carbocycles. The molecule has 2 aliphatic heterocycles. The van der Waals surface area contributed by atoms with Crippen molar-refractivity contribution in [2.24, 2.45) is 11.8 Å². The van der Waals surface area contributed by atoms with Crippen LogP contribution >= 0.6 is 0 Å². The monoisotopic (exact) mass is 336 g/mol. The minimum Gasteiger partial charge on any atom is -0.338 e. The highest BCUT2D eigenvalue weighted by Crippen LogP contribution is 2.33. The lowest BCUT2D eigenvalue weighted by atomic mass is 10.0. The molecule has 128 valence electrons. The lowest BCUT2D eigenvalue weighted by Crippen LogP contribution is -2.35. The zero-order valence-corrected chi connectivity index (χ0v) is 14.1. The molecule has 6 heteroatoms. The van der Waals surface area contributed by atoms with Gasteiger partial charge < -0.3 is 9.80 Å². The Bertz CT molecular complexity index is 808. The van der Waals surface area contributed by atoms with Crippen molar-refractivity contribution >= 4 is 11.8 Å². The van der Waals surface area contributed by atoms with Crippen LogP contribution in [0, 0.1) is 18.8 Å². The van der Waals surface area contributed by atoms with Gasteiger partial charge in [0.2, 0.25) is 5.91 Å². The molecule has 1 aromatic heterocycles. The smallest absolute Gasteiger partial charge is 0.255 e. The van der Waals surface area contributed by atoms with Gasteiger partial charge in [-0.3, -0.25) is 9.59 Å². The molecule has 0 unspecified atom stereocenters. The maximum absolute atomic E-state index is 12.7. The van der Waals surface area contributed by atoms with Gasteiger partial charge in [0.1, 0.15) is 0 Å². The van der Waals surface area contributed by atoms with Crippen molar-refractivity contribution in [1.82, 2.24) is 20.0 Å². The number of benzene rings is 1. The minimum atomic E-state index is -0.0800. The molecule has 2 atom stereocenters. The molecular formula is C19H20N4O2. The maximum Gasteiger partial charge on any atom is 0.255 e. The van der Waals surface area contributed by atoms with Crippen molar-refractivity contribution in [1.29, 1.82) is 0 Å². The number of hydrogen-bond acceptors (Lipinski definition) is 4. The third-order valence-corrected chi connectivity index (χ3v) is 5.10. The molecule has 0 spiro atoms. The van der Waals surface area contributed by atoms with Gasteiger partial charge in [-0.05, 0) is 18.6 Å². The van der Waals surface area contributed by atoms with Gasteiger partial charge in [-0.1, -0.05) is 29.8 Å². The number of aromatic nitrogens is 2. The second-order valence-electron chi connectivity index (χ2n) is 6.92. The van der Waals surface area contributed by atoms with Crippen molar-refractivity contribution in [3.8, 4) is 0 Å². The fraction of sp³-hybridized carbons (Fsp3) is 0.368. The van der Waals surface area contributed by atoms with E-state index in [1.165, 1.54) is 18.0 Å². The Kier molecular flexibility index (Phi) is 3.95. The molecule has 0 N–H and O–H groups in total. The number of carbonyl (C=O) groups excluding carboxylic acids is 2. The van der Waals surface area contributed by atoms with Gasteiger partial charge in [-0.2, -0.15) is 10.2 Å². The van der Waals surface area contributed by atoms with Gasteiger partial charge in [0.25, 0.3) is 5.91 Å². The van der Waals surface area contributed by atoms with Crippen LogP contribution < -0.4 is 0 Å². The maximum atomic E-state index is 12.7. The first-order valence-electron chi connectivity index (χ1n) is 8.52. The summed E-state index contributed by atoms with van der Waals surface area (Å²) in [6.07, 6.45) is 2.99. The molecular weight excluding hydrogens is 316 g/mol.